The van der Waals surface area contributed by atoms with Crippen LogP contribution in [0.2, 0.25) is 5.02 Å². The molecule has 0 bridgehead atoms. The molecule has 134 valence electrons. The van der Waals surface area contributed by atoms with Crippen molar-refractivity contribution in [1.82, 2.24) is 9.78 Å². The van der Waals surface area contributed by atoms with Crippen LogP contribution < -0.4 is 5.14 Å². The molecule has 26 heavy (non-hydrogen) atoms. The molecule has 0 saturated carbocycles. The van der Waals surface area contributed by atoms with Crippen LogP contribution in [0.4, 0.5) is 11.4 Å². The van der Waals surface area contributed by atoms with Gasteiger partial charge < -0.3 is 0 Å². The van der Waals surface area contributed by atoms with Crippen LogP contribution in [0.3, 0.4) is 0 Å². The second-order valence-electron chi connectivity index (χ2n) is 5.65. The van der Waals surface area contributed by atoms with Gasteiger partial charge in [-0.15, -0.1) is 5.11 Å². The van der Waals surface area contributed by atoms with Crippen LogP contribution in [-0.4, -0.2) is 18.2 Å². The summed E-state index contributed by atoms with van der Waals surface area (Å²) < 4.78 is 24.4. The van der Waals surface area contributed by atoms with Crippen molar-refractivity contribution < 1.29 is 8.42 Å². The highest BCUT2D eigenvalue weighted by Crippen LogP contribution is 2.28. The molecule has 0 unspecified atom stereocenters. The van der Waals surface area contributed by atoms with Crippen molar-refractivity contribution in [1.29, 1.82) is 0 Å². The highest BCUT2D eigenvalue weighted by Gasteiger charge is 2.14. The van der Waals surface area contributed by atoms with E-state index >= 15 is 0 Å². The smallest absolute Gasteiger partial charge is 0.236 e. The van der Waals surface area contributed by atoms with Crippen molar-refractivity contribution >= 4 is 33.0 Å². The molecular weight excluding hydrogens is 374 g/mol. The van der Waals surface area contributed by atoms with Crippen molar-refractivity contribution in [3.63, 3.8) is 0 Å². The van der Waals surface area contributed by atoms with Crippen molar-refractivity contribution in [2.45, 2.75) is 18.7 Å². The van der Waals surface area contributed by atoms with Gasteiger partial charge in [0, 0.05) is 5.02 Å². The second kappa shape index (κ2) is 6.99. The molecule has 7 nitrogen and oxygen atoms in total. The van der Waals surface area contributed by atoms with E-state index in [2.05, 4.69) is 15.3 Å². The monoisotopic (exact) mass is 389 g/mol. The number of halogens is 1. The Morgan fingerprint density at radius 3 is 2.19 bits per heavy atom. The highest BCUT2D eigenvalue weighted by atomic mass is 35.5. The first-order valence-corrected chi connectivity index (χ1v) is 9.55. The number of nitrogens with zero attached hydrogens (tertiary/aromatic N) is 4. The molecule has 0 aliphatic heterocycles. The molecule has 0 atom stereocenters. The Hall–Kier alpha value is -2.55. The van der Waals surface area contributed by atoms with Gasteiger partial charge >= 0.3 is 0 Å². The molecule has 0 fully saturated rings. The first-order valence-electron chi connectivity index (χ1n) is 7.62. The first-order chi connectivity index (χ1) is 12.3. The zero-order chi connectivity index (χ0) is 18.9. The Morgan fingerprint density at radius 2 is 1.62 bits per heavy atom. The number of azo groups is 1. The molecule has 3 aromatic rings. The lowest BCUT2D eigenvalue weighted by molar-refractivity contribution is 0.598. The number of rotatable bonds is 4. The van der Waals surface area contributed by atoms with Gasteiger partial charge in [-0.2, -0.15) is 10.2 Å². The predicted octanol–water partition coefficient (Wildman–Crippen LogP) is 4.21. The third kappa shape index (κ3) is 3.82. The molecule has 1 heterocycles. The van der Waals surface area contributed by atoms with E-state index in [4.69, 9.17) is 16.7 Å². The Morgan fingerprint density at radius 1 is 1.00 bits per heavy atom. The van der Waals surface area contributed by atoms with E-state index in [0.29, 0.717) is 27.8 Å². The van der Waals surface area contributed by atoms with E-state index in [-0.39, 0.29) is 4.90 Å². The van der Waals surface area contributed by atoms with Crippen molar-refractivity contribution in [2.24, 2.45) is 15.4 Å². The number of benzene rings is 2. The molecule has 0 aliphatic rings. The average molecular weight is 390 g/mol. The van der Waals surface area contributed by atoms with Gasteiger partial charge in [0.05, 0.1) is 27.7 Å². The van der Waals surface area contributed by atoms with Crippen LogP contribution in [0.1, 0.15) is 11.4 Å². The third-order valence-corrected chi connectivity index (χ3v) is 4.94. The molecule has 0 radical (unpaired) electrons. The summed E-state index contributed by atoms with van der Waals surface area (Å²) in [6.07, 6.45) is 0. The summed E-state index contributed by atoms with van der Waals surface area (Å²) in [6, 6.07) is 13.2. The SMILES string of the molecule is Cc1nn(-c2ccc(S(N)(=O)=O)cc2)c(C)c1N=Nc1ccc(Cl)cc1. The molecule has 0 saturated heterocycles. The van der Waals surface area contributed by atoms with E-state index in [9.17, 15) is 8.42 Å². The number of hydrogen-bond donors (Lipinski definition) is 1. The normalized spacial score (nSPS) is 12.0. The minimum absolute atomic E-state index is 0.0467. The van der Waals surface area contributed by atoms with Gasteiger partial charge in [-0.3, -0.25) is 0 Å². The molecular formula is C17H16ClN5O2S. The van der Waals surface area contributed by atoms with Gasteiger partial charge in [0.25, 0.3) is 0 Å². The molecule has 0 aliphatic carbocycles. The molecule has 1 aromatic heterocycles. The minimum Gasteiger partial charge on any atom is -0.236 e. The van der Waals surface area contributed by atoms with Crippen LogP contribution in [0.5, 0.6) is 0 Å². The second-order valence-corrected chi connectivity index (χ2v) is 7.64. The van der Waals surface area contributed by atoms with Gasteiger partial charge in [-0.05, 0) is 62.4 Å². The maximum absolute atomic E-state index is 11.4. The van der Waals surface area contributed by atoms with Gasteiger partial charge in [-0.1, -0.05) is 11.6 Å². The Bertz CT molecular complexity index is 1070. The number of aryl methyl sites for hydroxylation is 1. The van der Waals surface area contributed by atoms with E-state index in [1.165, 1.54) is 12.1 Å². The summed E-state index contributed by atoms with van der Waals surface area (Å²) in [5, 5.41) is 18.7. The fourth-order valence-electron chi connectivity index (χ4n) is 2.42. The lowest BCUT2D eigenvalue weighted by atomic mass is 10.3. The Balaban J connectivity index is 1.94. The fraction of sp³-hybridized carbons (Fsp3) is 0.118. The van der Waals surface area contributed by atoms with Crippen LogP contribution in [-0.2, 0) is 10.0 Å². The summed E-state index contributed by atoms with van der Waals surface area (Å²) in [6.45, 7) is 3.70. The maximum atomic E-state index is 11.4. The van der Waals surface area contributed by atoms with Gasteiger partial charge in [-0.25, -0.2) is 18.2 Å². The van der Waals surface area contributed by atoms with E-state index in [1.807, 2.05) is 13.8 Å². The maximum Gasteiger partial charge on any atom is 0.238 e. The largest absolute Gasteiger partial charge is 0.238 e. The van der Waals surface area contributed by atoms with E-state index in [0.717, 1.165) is 5.69 Å². The van der Waals surface area contributed by atoms with Gasteiger partial charge in [0.2, 0.25) is 10.0 Å². The number of nitrogens with two attached hydrogens (primary N) is 1. The van der Waals surface area contributed by atoms with E-state index in [1.54, 1.807) is 41.1 Å². The van der Waals surface area contributed by atoms with Crippen molar-refractivity contribution in [3.05, 3.63) is 64.9 Å². The van der Waals surface area contributed by atoms with E-state index < -0.39 is 10.0 Å². The summed E-state index contributed by atoms with van der Waals surface area (Å²) in [5.41, 5.74) is 3.51. The topological polar surface area (TPSA) is 103 Å². The summed E-state index contributed by atoms with van der Waals surface area (Å²) in [5.74, 6) is 0. The number of aromatic nitrogens is 2. The molecule has 2 N–H and O–H groups in total. The zero-order valence-electron chi connectivity index (χ0n) is 14.1. The van der Waals surface area contributed by atoms with Crippen LogP contribution in [0, 0.1) is 13.8 Å². The summed E-state index contributed by atoms with van der Waals surface area (Å²) in [7, 11) is -3.73. The van der Waals surface area contributed by atoms with Crippen molar-refractivity contribution in [2.75, 3.05) is 0 Å². The predicted molar refractivity (Wildman–Crippen MR) is 100 cm³/mol. The van der Waals surface area contributed by atoms with Crippen LogP contribution in [0.25, 0.3) is 5.69 Å². The van der Waals surface area contributed by atoms with Crippen LogP contribution in [0.15, 0.2) is 63.7 Å². The van der Waals surface area contributed by atoms with Crippen molar-refractivity contribution in [3.8, 4) is 5.69 Å². The molecule has 0 amide bonds. The number of primary sulfonamides is 1. The Kier molecular flexibility index (Phi) is 4.90. The lowest BCUT2D eigenvalue weighted by Gasteiger charge is -2.05. The third-order valence-electron chi connectivity index (χ3n) is 3.76. The fourth-order valence-corrected chi connectivity index (χ4v) is 3.06. The molecule has 9 heteroatoms. The van der Waals surface area contributed by atoms with Gasteiger partial charge in [0.1, 0.15) is 5.69 Å². The zero-order valence-corrected chi connectivity index (χ0v) is 15.7. The quantitative estimate of drug-likeness (QED) is 0.676. The van der Waals surface area contributed by atoms with Gasteiger partial charge in [0.15, 0.2) is 0 Å². The molecule has 0 spiro atoms. The molecule has 3 rings (SSSR count). The average Bonchev–Trinajstić information content (AvgIpc) is 2.88. The highest BCUT2D eigenvalue weighted by molar-refractivity contribution is 7.89. The Labute approximate surface area is 156 Å². The number of sulfonamides is 1. The molecule has 2 aromatic carbocycles. The number of hydrogen-bond acceptors (Lipinski definition) is 5. The lowest BCUT2D eigenvalue weighted by Crippen LogP contribution is -2.12. The minimum atomic E-state index is -3.73. The van der Waals surface area contributed by atoms with Crippen LogP contribution >= 0.6 is 11.6 Å². The first kappa shape index (κ1) is 18.2. The standard InChI is InChI=1S/C17H16ClN5O2S/c1-11-17(21-20-14-5-3-13(18)4-6-14)12(2)23(22-11)15-7-9-16(10-8-15)26(19,24)25/h3-10H,1-2H3,(H2,19,24,25). The summed E-state index contributed by atoms with van der Waals surface area (Å²) in [4.78, 5) is 0.0467. The summed E-state index contributed by atoms with van der Waals surface area (Å²) >= 11 is 5.86.